The Hall–Kier alpha value is -2.52. The van der Waals surface area contributed by atoms with Crippen LogP contribution in [0.4, 0.5) is 11.5 Å². The average Bonchev–Trinajstić information content (AvgIpc) is 2.99. The molecule has 1 spiro atoms. The lowest BCUT2D eigenvalue weighted by molar-refractivity contribution is 0.244. The lowest BCUT2D eigenvalue weighted by Gasteiger charge is -2.39. The first-order valence-electron chi connectivity index (χ1n) is 9.27. The van der Waals surface area contributed by atoms with E-state index < -0.39 is 0 Å². The topological polar surface area (TPSA) is 76.0 Å². The fourth-order valence-corrected chi connectivity index (χ4v) is 4.74. The summed E-state index contributed by atoms with van der Waals surface area (Å²) >= 11 is 6.24. The van der Waals surface area contributed by atoms with Crippen molar-refractivity contribution in [2.24, 2.45) is 5.41 Å². The Morgan fingerprint density at radius 3 is 2.70 bits per heavy atom. The lowest BCUT2D eigenvalue weighted by atomic mass is 9.77. The largest absolute Gasteiger partial charge is 0.368 e. The average molecular weight is 384 g/mol. The molecule has 0 unspecified atom stereocenters. The molecule has 0 aliphatic carbocycles. The number of nitriles is 1. The molecule has 2 saturated heterocycles. The van der Waals surface area contributed by atoms with Gasteiger partial charge in [0.2, 0.25) is 0 Å². The van der Waals surface area contributed by atoms with Gasteiger partial charge in [-0.3, -0.25) is 4.79 Å². The van der Waals surface area contributed by atoms with Gasteiger partial charge < -0.3 is 9.80 Å². The zero-order valence-corrected chi connectivity index (χ0v) is 16.0. The van der Waals surface area contributed by atoms with Gasteiger partial charge in [0.15, 0.2) is 0 Å². The Balaban J connectivity index is 1.47. The van der Waals surface area contributed by atoms with E-state index in [1.165, 1.54) is 6.07 Å². The van der Waals surface area contributed by atoms with Crippen molar-refractivity contribution in [3.63, 3.8) is 0 Å². The SMILES string of the molecule is C[C@H]1CC2(CCN(c3ccc(=O)[nH]n3)CC2)CN1c1ccc(C#N)c(Cl)c1. The van der Waals surface area contributed by atoms with Crippen molar-refractivity contribution in [3.05, 3.63) is 51.3 Å². The van der Waals surface area contributed by atoms with Gasteiger partial charge in [-0.1, -0.05) is 11.6 Å². The zero-order chi connectivity index (χ0) is 19.0. The van der Waals surface area contributed by atoms with Crippen LogP contribution in [-0.2, 0) is 0 Å². The Morgan fingerprint density at radius 1 is 1.30 bits per heavy atom. The summed E-state index contributed by atoms with van der Waals surface area (Å²) in [5.74, 6) is 0.839. The number of nitrogens with one attached hydrogen (secondary N) is 1. The normalized spacial score (nSPS) is 21.4. The third-order valence-electron chi connectivity index (χ3n) is 5.98. The highest BCUT2D eigenvalue weighted by Crippen LogP contribution is 2.45. The van der Waals surface area contributed by atoms with Gasteiger partial charge in [-0.25, -0.2) is 5.10 Å². The lowest BCUT2D eigenvalue weighted by Crippen LogP contribution is -2.42. The number of aromatic nitrogens is 2. The maximum Gasteiger partial charge on any atom is 0.264 e. The van der Waals surface area contributed by atoms with Gasteiger partial charge in [-0.05, 0) is 55.9 Å². The summed E-state index contributed by atoms with van der Waals surface area (Å²) < 4.78 is 0. The van der Waals surface area contributed by atoms with Gasteiger partial charge in [0.1, 0.15) is 11.9 Å². The number of benzene rings is 1. The number of halogens is 1. The van der Waals surface area contributed by atoms with Crippen molar-refractivity contribution in [1.82, 2.24) is 10.2 Å². The van der Waals surface area contributed by atoms with Crippen molar-refractivity contribution in [3.8, 4) is 6.07 Å². The minimum absolute atomic E-state index is 0.173. The number of hydrogen-bond acceptors (Lipinski definition) is 5. The van der Waals surface area contributed by atoms with E-state index in [2.05, 4.69) is 33.0 Å². The maximum absolute atomic E-state index is 11.2. The number of aromatic amines is 1. The molecule has 2 fully saturated rings. The van der Waals surface area contributed by atoms with E-state index in [1.54, 1.807) is 12.1 Å². The number of anilines is 2. The quantitative estimate of drug-likeness (QED) is 0.861. The van der Waals surface area contributed by atoms with E-state index in [9.17, 15) is 4.79 Å². The molecule has 140 valence electrons. The second-order valence-corrected chi connectivity index (χ2v) is 8.13. The van der Waals surface area contributed by atoms with E-state index >= 15 is 0 Å². The van der Waals surface area contributed by atoms with Gasteiger partial charge in [0, 0.05) is 37.4 Å². The summed E-state index contributed by atoms with van der Waals surface area (Å²) in [6.07, 6.45) is 3.34. The molecule has 1 aromatic carbocycles. The van der Waals surface area contributed by atoms with Gasteiger partial charge in [-0.15, -0.1) is 0 Å². The Labute approximate surface area is 163 Å². The van der Waals surface area contributed by atoms with Crippen LogP contribution in [0.5, 0.6) is 0 Å². The molecule has 2 aliphatic rings. The van der Waals surface area contributed by atoms with E-state index in [0.29, 0.717) is 22.0 Å². The summed E-state index contributed by atoms with van der Waals surface area (Å²) in [6.45, 7) is 5.14. The highest BCUT2D eigenvalue weighted by molar-refractivity contribution is 6.32. The van der Waals surface area contributed by atoms with Crippen molar-refractivity contribution in [2.75, 3.05) is 29.4 Å². The number of rotatable bonds is 2. The molecule has 0 bridgehead atoms. The molecule has 0 radical (unpaired) electrons. The second kappa shape index (κ2) is 6.90. The van der Waals surface area contributed by atoms with E-state index in [-0.39, 0.29) is 5.56 Å². The minimum Gasteiger partial charge on any atom is -0.368 e. The van der Waals surface area contributed by atoms with Gasteiger partial charge in [0.25, 0.3) is 5.56 Å². The van der Waals surface area contributed by atoms with Crippen LogP contribution < -0.4 is 15.4 Å². The molecule has 2 aromatic rings. The number of H-pyrrole nitrogens is 1. The van der Waals surface area contributed by atoms with Crippen LogP contribution in [0.15, 0.2) is 35.1 Å². The molecule has 27 heavy (non-hydrogen) atoms. The molecule has 2 aliphatic heterocycles. The van der Waals surface area contributed by atoms with Gasteiger partial charge >= 0.3 is 0 Å². The molecule has 1 N–H and O–H groups in total. The fourth-order valence-electron chi connectivity index (χ4n) is 4.52. The maximum atomic E-state index is 11.2. The molecule has 1 aromatic heterocycles. The van der Waals surface area contributed by atoms with Crippen molar-refractivity contribution in [1.29, 1.82) is 5.26 Å². The van der Waals surface area contributed by atoms with Crippen LogP contribution in [-0.4, -0.2) is 35.9 Å². The fraction of sp³-hybridized carbons (Fsp3) is 0.450. The van der Waals surface area contributed by atoms with Crippen LogP contribution in [0.25, 0.3) is 0 Å². The van der Waals surface area contributed by atoms with Crippen LogP contribution in [0.2, 0.25) is 5.02 Å². The molecule has 7 heteroatoms. The molecule has 3 heterocycles. The third kappa shape index (κ3) is 3.40. The first-order valence-corrected chi connectivity index (χ1v) is 9.64. The predicted octanol–water partition coefficient (Wildman–Crippen LogP) is 3.18. The zero-order valence-electron chi connectivity index (χ0n) is 15.3. The smallest absolute Gasteiger partial charge is 0.264 e. The number of piperidine rings is 1. The molecule has 6 nitrogen and oxygen atoms in total. The van der Waals surface area contributed by atoms with Crippen LogP contribution in [0, 0.1) is 16.7 Å². The second-order valence-electron chi connectivity index (χ2n) is 7.72. The molecule has 1 atom stereocenters. The van der Waals surface area contributed by atoms with Crippen LogP contribution >= 0.6 is 11.6 Å². The molecular weight excluding hydrogens is 362 g/mol. The van der Waals surface area contributed by atoms with E-state index in [1.807, 2.05) is 12.1 Å². The summed E-state index contributed by atoms with van der Waals surface area (Å²) in [5.41, 5.74) is 1.73. The minimum atomic E-state index is -0.173. The molecule has 0 saturated carbocycles. The summed E-state index contributed by atoms with van der Waals surface area (Å²) in [6, 6.07) is 11.6. The van der Waals surface area contributed by atoms with Crippen molar-refractivity contribution >= 4 is 23.1 Å². The summed E-state index contributed by atoms with van der Waals surface area (Å²) in [7, 11) is 0. The first kappa shape index (κ1) is 17.9. The number of nitrogens with zero attached hydrogens (tertiary/aromatic N) is 4. The van der Waals surface area contributed by atoms with Crippen molar-refractivity contribution < 1.29 is 0 Å². The molecule has 4 rings (SSSR count). The van der Waals surface area contributed by atoms with Crippen molar-refractivity contribution in [2.45, 2.75) is 32.2 Å². The number of hydrogen-bond donors (Lipinski definition) is 1. The monoisotopic (exact) mass is 383 g/mol. The molecule has 0 amide bonds. The van der Waals surface area contributed by atoms with Gasteiger partial charge in [-0.2, -0.15) is 10.4 Å². The standard InChI is InChI=1S/C20H22ClN5O/c1-14-11-20(13-26(14)16-3-2-15(12-22)17(21)10-16)6-8-25(9-7-20)18-4-5-19(27)24-23-18/h2-5,10,14H,6-9,11,13H2,1H3,(H,24,27)/t14-/m0/s1. The Bertz CT molecular complexity index is 922. The van der Waals surface area contributed by atoms with E-state index in [0.717, 1.165) is 50.4 Å². The first-order chi connectivity index (χ1) is 13.0. The van der Waals surface area contributed by atoms with Gasteiger partial charge in [0.05, 0.1) is 10.6 Å². The summed E-state index contributed by atoms with van der Waals surface area (Å²) in [4.78, 5) is 15.9. The highest BCUT2D eigenvalue weighted by atomic mass is 35.5. The Kier molecular flexibility index (Phi) is 4.56. The third-order valence-corrected chi connectivity index (χ3v) is 6.30. The van der Waals surface area contributed by atoms with Crippen LogP contribution in [0.1, 0.15) is 31.7 Å². The Morgan fingerprint density at radius 2 is 2.07 bits per heavy atom. The van der Waals surface area contributed by atoms with Crippen LogP contribution in [0.3, 0.4) is 0 Å². The molecular formula is C20H22ClN5O. The highest BCUT2D eigenvalue weighted by Gasteiger charge is 2.44. The predicted molar refractivity (Wildman–Crippen MR) is 106 cm³/mol. The van der Waals surface area contributed by atoms with E-state index in [4.69, 9.17) is 16.9 Å². The summed E-state index contributed by atoms with van der Waals surface area (Å²) in [5, 5.41) is 16.3.